The second-order valence-corrected chi connectivity index (χ2v) is 9.11. The molecule has 6 rings (SSSR count). The fraction of sp³-hybridized carbons (Fsp3) is 0.250. The molecule has 34 heavy (non-hydrogen) atoms. The van der Waals surface area contributed by atoms with Crippen LogP contribution in [0.3, 0.4) is 0 Å². The van der Waals surface area contributed by atoms with E-state index in [1.807, 2.05) is 47.0 Å². The highest BCUT2D eigenvalue weighted by atomic mass is 16.5. The summed E-state index contributed by atoms with van der Waals surface area (Å²) in [6.07, 6.45) is 3.22. The number of aromatic nitrogens is 3. The first-order valence-electron chi connectivity index (χ1n) is 11.7. The summed E-state index contributed by atoms with van der Waals surface area (Å²) < 4.78 is 7.50. The summed E-state index contributed by atoms with van der Waals surface area (Å²) in [7, 11) is 1.65. The quantitative estimate of drug-likeness (QED) is 0.435. The van der Waals surface area contributed by atoms with Crippen LogP contribution in [0.1, 0.15) is 46.6 Å². The molecule has 0 atom stereocenters. The zero-order valence-corrected chi connectivity index (χ0v) is 19.2. The molecular formula is C28H26N4O2. The highest BCUT2D eigenvalue weighted by molar-refractivity contribution is 6.02. The number of rotatable bonds is 7. The minimum absolute atomic E-state index is 0.207. The fourth-order valence-corrected chi connectivity index (χ4v) is 4.99. The van der Waals surface area contributed by atoms with Gasteiger partial charge in [-0.2, -0.15) is 0 Å². The van der Waals surface area contributed by atoms with Gasteiger partial charge in [-0.1, -0.05) is 55.1 Å². The van der Waals surface area contributed by atoms with Crippen molar-refractivity contribution in [2.75, 3.05) is 7.11 Å². The lowest BCUT2D eigenvalue weighted by Gasteiger charge is -2.17. The highest BCUT2D eigenvalue weighted by Crippen LogP contribution is 2.51. The molecule has 2 aromatic carbocycles. The van der Waals surface area contributed by atoms with Gasteiger partial charge in [0.05, 0.1) is 18.2 Å². The minimum atomic E-state index is -0.280. The topological polar surface area (TPSA) is 68.5 Å². The second kappa shape index (κ2) is 7.83. The summed E-state index contributed by atoms with van der Waals surface area (Å²) in [6, 6.07) is 20.2. The van der Waals surface area contributed by atoms with Crippen LogP contribution >= 0.6 is 0 Å². The van der Waals surface area contributed by atoms with Crippen molar-refractivity contribution in [1.82, 2.24) is 19.9 Å². The predicted octanol–water partition coefficient (Wildman–Crippen LogP) is 4.87. The Morgan fingerprint density at radius 3 is 2.62 bits per heavy atom. The van der Waals surface area contributed by atoms with Crippen LogP contribution < -0.4 is 10.1 Å². The molecule has 2 aromatic heterocycles. The number of allylic oxidation sites excluding steroid dienone is 1. The zero-order chi connectivity index (χ0) is 23.3. The molecular weight excluding hydrogens is 424 g/mol. The van der Waals surface area contributed by atoms with E-state index in [-0.39, 0.29) is 11.2 Å². The molecule has 2 heterocycles. The van der Waals surface area contributed by atoms with Crippen LogP contribution in [0.25, 0.3) is 16.9 Å². The molecule has 0 aliphatic heterocycles. The van der Waals surface area contributed by atoms with Gasteiger partial charge in [0.2, 0.25) is 0 Å². The third-order valence-electron chi connectivity index (χ3n) is 7.13. The van der Waals surface area contributed by atoms with Gasteiger partial charge < -0.3 is 10.1 Å². The van der Waals surface area contributed by atoms with E-state index in [2.05, 4.69) is 30.1 Å². The van der Waals surface area contributed by atoms with Gasteiger partial charge in [-0.25, -0.2) is 9.50 Å². The standard InChI is InChI=1S/C28H26N4O2/c1-18(29-17-19-7-4-3-5-8-19)28(15-16-28)27-30-26-25(34-2)14-12-23(32(26)31-27)21-9-6-10-22-20(21)11-13-24(22)33/h3-10,12,14,29H,1,11,13,15-17H2,2H3. The van der Waals surface area contributed by atoms with E-state index in [4.69, 9.17) is 14.8 Å². The number of Topliss-reactive ketones (excluding diaryl/α,β-unsaturated/α-hetero) is 1. The number of nitrogens with zero attached hydrogens (tertiary/aromatic N) is 3. The summed E-state index contributed by atoms with van der Waals surface area (Å²) in [5, 5.41) is 8.50. The first-order chi connectivity index (χ1) is 16.6. The van der Waals surface area contributed by atoms with E-state index >= 15 is 0 Å². The largest absolute Gasteiger partial charge is 0.493 e. The molecule has 0 unspecified atom stereocenters. The van der Waals surface area contributed by atoms with Crippen molar-refractivity contribution in [1.29, 1.82) is 0 Å². The van der Waals surface area contributed by atoms with Crippen molar-refractivity contribution in [3.05, 3.63) is 95.5 Å². The Morgan fingerprint density at radius 2 is 1.85 bits per heavy atom. The molecule has 1 fully saturated rings. The Kier molecular flexibility index (Phi) is 4.76. The fourth-order valence-electron chi connectivity index (χ4n) is 4.99. The third-order valence-corrected chi connectivity index (χ3v) is 7.13. The Labute approximate surface area is 198 Å². The molecule has 4 aromatic rings. The lowest BCUT2D eigenvalue weighted by atomic mass is 10.00. The first-order valence-corrected chi connectivity index (χ1v) is 11.7. The van der Waals surface area contributed by atoms with Crippen molar-refractivity contribution in [3.63, 3.8) is 0 Å². The van der Waals surface area contributed by atoms with E-state index in [1.165, 1.54) is 5.56 Å². The van der Waals surface area contributed by atoms with Crippen LogP contribution in [0.4, 0.5) is 0 Å². The second-order valence-electron chi connectivity index (χ2n) is 9.11. The van der Waals surface area contributed by atoms with E-state index in [9.17, 15) is 4.79 Å². The minimum Gasteiger partial charge on any atom is -0.493 e. The van der Waals surface area contributed by atoms with Gasteiger partial charge >= 0.3 is 0 Å². The molecule has 6 heteroatoms. The number of carbonyl (C=O) groups excluding carboxylic acids is 1. The van der Waals surface area contributed by atoms with Crippen molar-refractivity contribution >= 4 is 11.4 Å². The number of pyridine rings is 1. The van der Waals surface area contributed by atoms with Gasteiger partial charge in [0.1, 0.15) is 0 Å². The summed E-state index contributed by atoms with van der Waals surface area (Å²) in [6.45, 7) is 5.08. The van der Waals surface area contributed by atoms with E-state index in [1.54, 1.807) is 7.11 Å². The Balaban J connectivity index is 1.40. The van der Waals surface area contributed by atoms with Gasteiger partial charge in [-0.15, -0.1) is 5.10 Å². The van der Waals surface area contributed by atoms with Gasteiger partial charge in [0.25, 0.3) is 0 Å². The van der Waals surface area contributed by atoms with E-state index in [0.717, 1.165) is 53.2 Å². The number of ketones is 1. The average molecular weight is 451 g/mol. The number of fused-ring (bicyclic) bond motifs is 2. The maximum absolute atomic E-state index is 12.3. The van der Waals surface area contributed by atoms with Crippen molar-refractivity contribution < 1.29 is 9.53 Å². The molecule has 0 spiro atoms. The zero-order valence-electron chi connectivity index (χ0n) is 19.2. The van der Waals surface area contributed by atoms with Gasteiger partial charge in [-0.3, -0.25) is 4.79 Å². The molecule has 0 radical (unpaired) electrons. The van der Waals surface area contributed by atoms with Crippen LogP contribution in [0.2, 0.25) is 0 Å². The van der Waals surface area contributed by atoms with Crippen LogP contribution in [0, 0.1) is 0 Å². The van der Waals surface area contributed by atoms with E-state index < -0.39 is 0 Å². The maximum atomic E-state index is 12.3. The van der Waals surface area contributed by atoms with Crippen LogP contribution in [0.15, 0.2) is 72.9 Å². The number of hydrogen-bond acceptors (Lipinski definition) is 5. The Hall–Kier alpha value is -3.93. The molecule has 6 nitrogen and oxygen atoms in total. The Morgan fingerprint density at radius 1 is 1.06 bits per heavy atom. The number of methoxy groups -OCH3 is 1. The molecule has 0 amide bonds. The molecule has 1 saturated carbocycles. The van der Waals surface area contributed by atoms with Gasteiger partial charge in [0.15, 0.2) is 23.0 Å². The SMILES string of the molecule is C=C(NCc1ccccc1)C1(c2nc3c(OC)ccc(-c4cccc5c4CCC5=O)n3n2)CC1. The first kappa shape index (κ1) is 20.7. The molecule has 2 aliphatic carbocycles. The predicted molar refractivity (Wildman–Crippen MR) is 131 cm³/mol. The van der Waals surface area contributed by atoms with Crippen molar-refractivity contribution in [3.8, 4) is 17.0 Å². The van der Waals surface area contributed by atoms with Crippen LogP contribution in [-0.4, -0.2) is 27.5 Å². The number of carbonyl (C=O) groups is 1. The number of hydrogen-bond donors (Lipinski definition) is 1. The lowest BCUT2D eigenvalue weighted by molar-refractivity contribution is 0.0994. The highest BCUT2D eigenvalue weighted by Gasteiger charge is 2.51. The number of benzene rings is 2. The number of nitrogens with one attached hydrogen (secondary N) is 1. The Bertz CT molecular complexity index is 1430. The number of ether oxygens (including phenoxy) is 1. The average Bonchev–Trinajstić information content (AvgIpc) is 3.42. The molecule has 0 saturated heterocycles. The van der Waals surface area contributed by atoms with Crippen LogP contribution in [0.5, 0.6) is 5.75 Å². The lowest BCUT2D eigenvalue weighted by Crippen LogP contribution is -2.24. The van der Waals surface area contributed by atoms with Crippen molar-refractivity contribution in [2.24, 2.45) is 0 Å². The maximum Gasteiger partial charge on any atom is 0.198 e. The normalized spacial score (nSPS) is 15.9. The third kappa shape index (κ3) is 3.21. The van der Waals surface area contributed by atoms with Crippen molar-refractivity contribution in [2.45, 2.75) is 37.6 Å². The van der Waals surface area contributed by atoms with Gasteiger partial charge in [-0.05, 0) is 42.5 Å². The molecule has 170 valence electrons. The monoisotopic (exact) mass is 450 g/mol. The summed E-state index contributed by atoms with van der Waals surface area (Å²) in [4.78, 5) is 17.3. The molecule has 0 bridgehead atoms. The summed E-state index contributed by atoms with van der Waals surface area (Å²) >= 11 is 0. The molecule has 2 aliphatic rings. The summed E-state index contributed by atoms with van der Waals surface area (Å²) in [5.41, 5.74) is 6.40. The summed E-state index contributed by atoms with van der Waals surface area (Å²) in [5.74, 6) is 1.64. The molecule has 1 N–H and O–H groups in total. The van der Waals surface area contributed by atoms with Gasteiger partial charge in [0, 0.05) is 29.8 Å². The van der Waals surface area contributed by atoms with Crippen LogP contribution in [-0.2, 0) is 18.4 Å². The smallest absolute Gasteiger partial charge is 0.198 e. The van der Waals surface area contributed by atoms with E-state index in [0.29, 0.717) is 24.4 Å².